The van der Waals surface area contributed by atoms with Gasteiger partial charge in [-0.05, 0) is 115 Å². The smallest absolute Gasteiger partial charge is 0.137 e. The van der Waals surface area contributed by atoms with Crippen LogP contribution in [0, 0.1) is 0 Å². The van der Waals surface area contributed by atoms with E-state index in [1.165, 1.54) is 61.1 Å². The molecule has 0 fully saturated rings. The number of nitrogens with zero attached hydrogens (tertiary/aromatic N) is 4. The molecular weight excluding hydrogens is 913 g/mol. The number of hydrogen-bond acceptors (Lipinski definition) is 4. The van der Waals surface area contributed by atoms with E-state index < -0.39 is 0 Å². The summed E-state index contributed by atoms with van der Waals surface area (Å²) in [6, 6.07) is 68.8. The third-order valence-electron chi connectivity index (χ3n) is 15.1. The molecule has 75 heavy (non-hydrogen) atoms. The van der Waals surface area contributed by atoms with Crippen molar-refractivity contribution >= 4 is 44.6 Å². The minimum absolute atomic E-state index is 0.0186. The zero-order chi connectivity index (χ0) is 52.6. The number of ether oxygens (including phenoxy) is 1. The van der Waals surface area contributed by atoms with Gasteiger partial charge in [0.25, 0.3) is 0 Å². The van der Waals surface area contributed by atoms with E-state index in [9.17, 15) is 0 Å². The van der Waals surface area contributed by atoms with Crippen LogP contribution in [0.4, 0.5) is 22.7 Å². The maximum absolute atomic E-state index is 7.16. The maximum atomic E-state index is 7.16. The second-order valence-corrected chi connectivity index (χ2v) is 24.6. The Morgan fingerprint density at radius 2 is 0.973 bits per heavy atom. The lowest BCUT2D eigenvalue weighted by molar-refractivity contribution is 0.479. The van der Waals surface area contributed by atoms with E-state index in [-0.39, 0.29) is 21.7 Å². The molecule has 1 aliphatic heterocycles. The highest BCUT2D eigenvalue weighted by atomic mass is 16.5. The molecule has 8 aromatic carbocycles. The van der Waals surface area contributed by atoms with Crippen molar-refractivity contribution in [2.24, 2.45) is 0 Å². The Hall–Kier alpha value is -7.89. The van der Waals surface area contributed by atoms with Crippen LogP contribution in [-0.2, 0) is 21.7 Å². The number of hydrogen-bond donors (Lipinski definition) is 0. The highest BCUT2D eigenvalue weighted by molar-refractivity contribution is 6.10. The number of aromatic nitrogens is 2. The number of pyridine rings is 1. The first-order valence-corrected chi connectivity index (χ1v) is 26.6. The van der Waals surface area contributed by atoms with E-state index in [1.54, 1.807) is 0 Å². The number of rotatable bonds is 8. The van der Waals surface area contributed by atoms with Gasteiger partial charge in [0.05, 0.1) is 28.1 Å². The van der Waals surface area contributed by atoms with Gasteiger partial charge in [-0.1, -0.05) is 204 Å². The van der Waals surface area contributed by atoms with Crippen LogP contribution >= 0.6 is 0 Å². The fourth-order valence-electron chi connectivity index (χ4n) is 10.9. The van der Waals surface area contributed by atoms with Crippen LogP contribution in [0.5, 0.6) is 11.5 Å². The molecule has 0 saturated carbocycles. The minimum Gasteiger partial charge on any atom is -0.457 e. The van der Waals surface area contributed by atoms with Crippen molar-refractivity contribution in [1.29, 1.82) is 0 Å². The van der Waals surface area contributed by atoms with Gasteiger partial charge in [0.15, 0.2) is 0 Å². The fourth-order valence-corrected chi connectivity index (χ4v) is 10.9. The molecular formula is C70H70N4O. The topological polar surface area (TPSA) is 33.5 Å². The van der Waals surface area contributed by atoms with Crippen LogP contribution < -0.4 is 14.5 Å². The predicted molar refractivity (Wildman–Crippen MR) is 318 cm³/mol. The Bertz CT molecular complexity index is 3750. The largest absolute Gasteiger partial charge is 0.457 e. The molecule has 0 aliphatic carbocycles. The Kier molecular flexibility index (Phi) is 12.2. The number of benzene rings is 8. The van der Waals surface area contributed by atoms with Crippen LogP contribution in [0.25, 0.3) is 61.0 Å². The summed E-state index contributed by atoms with van der Waals surface area (Å²) in [7, 11) is 0. The molecule has 3 heterocycles. The van der Waals surface area contributed by atoms with Gasteiger partial charge in [-0.25, -0.2) is 4.98 Å². The Morgan fingerprint density at radius 1 is 0.400 bits per heavy atom. The van der Waals surface area contributed by atoms with Crippen LogP contribution in [-0.4, -0.2) is 16.2 Å². The molecule has 0 radical (unpaired) electrons. The molecule has 0 amide bonds. The van der Waals surface area contributed by atoms with Crippen molar-refractivity contribution in [3.05, 3.63) is 217 Å². The minimum atomic E-state index is -0.164. The van der Waals surface area contributed by atoms with Crippen molar-refractivity contribution in [3.63, 3.8) is 0 Å². The summed E-state index contributed by atoms with van der Waals surface area (Å²) < 4.78 is 9.49. The van der Waals surface area contributed by atoms with Crippen molar-refractivity contribution in [2.75, 3.05) is 16.5 Å². The first kappa shape index (κ1) is 49.3. The third-order valence-corrected chi connectivity index (χ3v) is 15.1. The molecule has 0 N–H and O–H groups in total. The Balaban J connectivity index is 1.03. The molecule has 5 nitrogen and oxygen atoms in total. The van der Waals surface area contributed by atoms with E-state index in [2.05, 4.69) is 292 Å². The van der Waals surface area contributed by atoms with Gasteiger partial charge in [-0.15, -0.1) is 0 Å². The van der Waals surface area contributed by atoms with Gasteiger partial charge in [-0.3, -0.25) is 4.57 Å². The molecule has 11 rings (SSSR count). The Labute approximate surface area is 445 Å². The van der Waals surface area contributed by atoms with E-state index in [4.69, 9.17) is 9.72 Å². The van der Waals surface area contributed by atoms with Crippen molar-refractivity contribution in [3.8, 4) is 50.7 Å². The number of fused-ring (bicyclic) bond motifs is 4. The SMILES string of the molecule is CC(C)(C)c1ccc(-c2cccc(-c3ccccc3)c2N2CN(c3cc(Oc4ccc5c6cc(C(C)(C)C)ccc6n(-c6cc(C(C)(C)C)c(-c7ccccc7)cn6)c5c4)cc(C(C)(C)C)c3)c3ccccc32)cc1. The maximum Gasteiger partial charge on any atom is 0.137 e. The molecule has 0 bridgehead atoms. The molecule has 376 valence electrons. The third kappa shape index (κ3) is 9.39. The molecule has 2 aromatic heterocycles. The predicted octanol–water partition coefficient (Wildman–Crippen LogP) is 19.4. The summed E-state index contributed by atoms with van der Waals surface area (Å²) in [6.45, 7) is 28.0. The second kappa shape index (κ2) is 18.5. The van der Waals surface area contributed by atoms with Crippen LogP contribution in [0.15, 0.2) is 194 Å². The van der Waals surface area contributed by atoms with Gasteiger partial charge >= 0.3 is 0 Å². The molecule has 5 heteroatoms. The standard InChI is InChI=1S/C70H70N4O/c1-67(2,3)49-32-30-48(31-33-49)56-27-21-26-55(46-22-15-13-16-23-46)66(56)73-45-72(62-28-19-20-29-63(62)73)52-38-51(69(7,8)9)39-54(41-52)75-53-35-36-57-58-40-50(68(4,5)6)34-37-61(58)74(64(57)42-53)65-43-60(70(10,11)12)59(44-71-65)47-24-17-14-18-25-47/h13-44H,45H2,1-12H3. The fraction of sp³-hybridized carbons (Fsp3) is 0.243. The van der Waals surface area contributed by atoms with E-state index in [0.717, 1.165) is 56.4 Å². The summed E-state index contributed by atoms with van der Waals surface area (Å²) in [6.07, 6.45) is 2.06. The summed E-state index contributed by atoms with van der Waals surface area (Å²) >= 11 is 0. The van der Waals surface area contributed by atoms with Gasteiger partial charge in [0.2, 0.25) is 0 Å². The van der Waals surface area contributed by atoms with Gasteiger partial charge in [0.1, 0.15) is 24.0 Å². The molecule has 10 aromatic rings. The summed E-state index contributed by atoms with van der Waals surface area (Å²) in [5, 5.41) is 2.36. The van der Waals surface area contributed by atoms with E-state index in [1.807, 2.05) is 0 Å². The average Bonchev–Trinajstić information content (AvgIpc) is 4.00. The molecule has 0 spiro atoms. The summed E-state index contributed by atoms with van der Waals surface area (Å²) in [4.78, 5) is 10.2. The van der Waals surface area contributed by atoms with Crippen LogP contribution in [0.2, 0.25) is 0 Å². The van der Waals surface area contributed by atoms with Crippen LogP contribution in [0.3, 0.4) is 0 Å². The quantitative estimate of drug-likeness (QED) is 0.152. The molecule has 0 saturated heterocycles. The van der Waals surface area contributed by atoms with Gasteiger partial charge in [0, 0.05) is 51.5 Å². The lowest BCUT2D eigenvalue weighted by Gasteiger charge is -2.28. The first-order chi connectivity index (χ1) is 35.7. The zero-order valence-corrected chi connectivity index (χ0v) is 45.9. The van der Waals surface area contributed by atoms with Crippen molar-refractivity contribution < 1.29 is 4.74 Å². The first-order valence-electron chi connectivity index (χ1n) is 26.6. The summed E-state index contributed by atoms with van der Waals surface area (Å²) in [5.41, 5.74) is 18.6. The molecule has 0 atom stereocenters. The lowest BCUT2D eigenvalue weighted by Crippen LogP contribution is -2.25. The zero-order valence-electron chi connectivity index (χ0n) is 45.9. The molecule has 1 aliphatic rings. The second-order valence-electron chi connectivity index (χ2n) is 24.6. The van der Waals surface area contributed by atoms with Gasteiger partial charge in [-0.2, -0.15) is 0 Å². The van der Waals surface area contributed by atoms with Crippen molar-refractivity contribution in [1.82, 2.24) is 9.55 Å². The van der Waals surface area contributed by atoms with Gasteiger partial charge < -0.3 is 14.5 Å². The van der Waals surface area contributed by atoms with Crippen molar-refractivity contribution in [2.45, 2.75) is 105 Å². The van der Waals surface area contributed by atoms with E-state index in [0.29, 0.717) is 6.67 Å². The normalized spacial score (nSPS) is 13.2. The number of anilines is 4. The van der Waals surface area contributed by atoms with Crippen LogP contribution in [0.1, 0.15) is 105 Å². The monoisotopic (exact) mass is 983 g/mol. The Morgan fingerprint density at radius 3 is 1.59 bits per heavy atom. The lowest BCUT2D eigenvalue weighted by atomic mass is 9.82. The molecule has 0 unspecified atom stereocenters. The van der Waals surface area contributed by atoms with E-state index >= 15 is 0 Å². The highest BCUT2D eigenvalue weighted by Crippen LogP contribution is 2.51. The highest BCUT2D eigenvalue weighted by Gasteiger charge is 2.33. The average molecular weight is 983 g/mol. The number of para-hydroxylation sites is 3. The summed E-state index contributed by atoms with van der Waals surface area (Å²) in [5.74, 6) is 2.43.